The van der Waals surface area contributed by atoms with Gasteiger partial charge in [0.2, 0.25) is 0 Å². The lowest BCUT2D eigenvalue weighted by Gasteiger charge is -2.27. The van der Waals surface area contributed by atoms with Gasteiger partial charge in [0, 0.05) is 6.07 Å². The summed E-state index contributed by atoms with van der Waals surface area (Å²) in [4.78, 5) is 0. The van der Waals surface area contributed by atoms with Crippen LogP contribution in [0.15, 0.2) is 54.6 Å². The van der Waals surface area contributed by atoms with E-state index in [-0.39, 0.29) is 13.2 Å². The second-order valence-corrected chi connectivity index (χ2v) is 4.88. The number of hydrogen-bond acceptors (Lipinski definition) is 4. The Labute approximate surface area is 125 Å². The molecule has 0 aliphatic rings. The third-order valence-corrected chi connectivity index (χ3v) is 3.24. The Bertz CT molecular complexity index is 559. The van der Waals surface area contributed by atoms with E-state index in [0.717, 1.165) is 11.3 Å². The third kappa shape index (κ3) is 3.97. The predicted molar refractivity (Wildman–Crippen MR) is 82.5 cm³/mol. The van der Waals surface area contributed by atoms with Gasteiger partial charge in [0.05, 0.1) is 18.8 Å². The molecule has 112 valence electrons. The van der Waals surface area contributed by atoms with E-state index in [9.17, 15) is 5.11 Å². The quantitative estimate of drug-likeness (QED) is 0.820. The Hall–Kier alpha value is -2.04. The molecule has 0 amide bonds. The van der Waals surface area contributed by atoms with Gasteiger partial charge in [0.25, 0.3) is 0 Å². The molecule has 4 heteroatoms. The van der Waals surface area contributed by atoms with E-state index in [1.165, 1.54) is 0 Å². The van der Waals surface area contributed by atoms with Gasteiger partial charge in [-0.3, -0.25) is 0 Å². The Morgan fingerprint density at radius 1 is 1.00 bits per heavy atom. The smallest absolute Gasteiger partial charge is 0.123 e. The maximum absolute atomic E-state index is 9.63. The van der Waals surface area contributed by atoms with Gasteiger partial charge in [-0.2, -0.15) is 0 Å². The number of rotatable bonds is 7. The lowest BCUT2D eigenvalue weighted by atomic mass is 9.93. The molecule has 4 nitrogen and oxygen atoms in total. The number of nitrogens with two attached hydrogens (primary N) is 1. The van der Waals surface area contributed by atoms with Crippen LogP contribution in [0.1, 0.15) is 12.5 Å². The van der Waals surface area contributed by atoms with Crippen LogP contribution in [0.4, 0.5) is 0 Å². The van der Waals surface area contributed by atoms with Crippen molar-refractivity contribution >= 4 is 0 Å². The Balaban J connectivity index is 2.08. The van der Waals surface area contributed by atoms with Gasteiger partial charge in [-0.05, 0) is 24.6 Å². The number of aliphatic hydroxyl groups is 1. The lowest BCUT2D eigenvalue weighted by Crippen LogP contribution is -2.46. The van der Waals surface area contributed by atoms with E-state index in [4.69, 9.17) is 15.2 Å². The van der Waals surface area contributed by atoms with E-state index in [1.54, 1.807) is 0 Å². The standard InChI is InChI=1S/C17H21NO3/c1-2-20-15-9-6-10-16(11-15)21-13-17(18,12-19)14-7-4-3-5-8-14/h3-11,19H,2,12-13,18H2,1H3. The molecule has 2 rings (SSSR count). The van der Waals surface area contributed by atoms with Crippen molar-refractivity contribution in [2.24, 2.45) is 5.73 Å². The zero-order valence-corrected chi connectivity index (χ0v) is 12.2. The molecule has 0 heterocycles. The van der Waals surface area contributed by atoms with Gasteiger partial charge in [-0.25, -0.2) is 0 Å². The summed E-state index contributed by atoms with van der Waals surface area (Å²) in [6, 6.07) is 16.8. The Kier molecular flexibility index (Phi) is 5.20. The van der Waals surface area contributed by atoms with Gasteiger partial charge in [-0.1, -0.05) is 36.4 Å². The molecule has 21 heavy (non-hydrogen) atoms. The zero-order valence-electron chi connectivity index (χ0n) is 12.2. The van der Waals surface area contributed by atoms with Crippen LogP contribution in [0, 0.1) is 0 Å². The van der Waals surface area contributed by atoms with Crippen LogP contribution in [-0.4, -0.2) is 24.9 Å². The number of ether oxygens (including phenoxy) is 2. The molecule has 1 unspecified atom stereocenters. The van der Waals surface area contributed by atoms with Crippen molar-refractivity contribution < 1.29 is 14.6 Å². The largest absolute Gasteiger partial charge is 0.494 e. The number of benzene rings is 2. The first-order valence-electron chi connectivity index (χ1n) is 6.99. The fraction of sp³-hybridized carbons (Fsp3) is 0.294. The van der Waals surface area contributed by atoms with Crippen LogP contribution in [0.3, 0.4) is 0 Å². The fourth-order valence-corrected chi connectivity index (χ4v) is 2.02. The van der Waals surface area contributed by atoms with Gasteiger partial charge < -0.3 is 20.3 Å². The van der Waals surface area contributed by atoms with Crippen molar-refractivity contribution in [2.75, 3.05) is 19.8 Å². The van der Waals surface area contributed by atoms with E-state index < -0.39 is 5.54 Å². The summed E-state index contributed by atoms with van der Waals surface area (Å²) in [5.41, 5.74) is 6.17. The molecular formula is C17H21NO3. The third-order valence-electron chi connectivity index (χ3n) is 3.24. The van der Waals surface area contributed by atoms with E-state index >= 15 is 0 Å². The predicted octanol–water partition coefficient (Wildman–Crippen LogP) is 2.31. The zero-order chi connectivity index (χ0) is 15.1. The SMILES string of the molecule is CCOc1cccc(OCC(N)(CO)c2ccccc2)c1. The van der Waals surface area contributed by atoms with Gasteiger partial charge in [0.1, 0.15) is 18.1 Å². The highest BCUT2D eigenvalue weighted by molar-refractivity contribution is 5.33. The molecule has 3 N–H and O–H groups in total. The number of hydrogen-bond donors (Lipinski definition) is 2. The lowest BCUT2D eigenvalue weighted by molar-refractivity contribution is 0.133. The topological polar surface area (TPSA) is 64.7 Å². The highest BCUT2D eigenvalue weighted by Crippen LogP contribution is 2.23. The minimum absolute atomic E-state index is 0.184. The minimum atomic E-state index is -0.928. The fourth-order valence-electron chi connectivity index (χ4n) is 2.02. The average Bonchev–Trinajstić information content (AvgIpc) is 2.54. The Morgan fingerprint density at radius 2 is 1.67 bits per heavy atom. The monoisotopic (exact) mass is 287 g/mol. The first-order valence-corrected chi connectivity index (χ1v) is 6.99. The molecule has 0 aromatic heterocycles. The van der Waals surface area contributed by atoms with Crippen LogP contribution in [0.25, 0.3) is 0 Å². The van der Waals surface area contributed by atoms with Crippen molar-refractivity contribution in [3.8, 4) is 11.5 Å². The summed E-state index contributed by atoms with van der Waals surface area (Å²) in [7, 11) is 0. The highest BCUT2D eigenvalue weighted by Gasteiger charge is 2.27. The molecule has 1 atom stereocenters. The van der Waals surface area contributed by atoms with Gasteiger partial charge in [0.15, 0.2) is 0 Å². The van der Waals surface area contributed by atoms with E-state index in [0.29, 0.717) is 12.4 Å². The summed E-state index contributed by atoms with van der Waals surface area (Å²) < 4.78 is 11.2. The molecule has 0 aliphatic heterocycles. The van der Waals surface area contributed by atoms with Gasteiger partial charge >= 0.3 is 0 Å². The summed E-state index contributed by atoms with van der Waals surface area (Å²) in [5.74, 6) is 1.42. The van der Waals surface area contributed by atoms with Crippen molar-refractivity contribution in [1.29, 1.82) is 0 Å². The average molecular weight is 287 g/mol. The van der Waals surface area contributed by atoms with E-state index in [2.05, 4.69) is 0 Å². The molecule has 0 fully saturated rings. The maximum Gasteiger partial charge on any atom is 0.123 e. The van der Waals surface area contributed by atoms with Crippen molar-refractivity contribution in [3.63, 3.8) is 0 Å². The summed E-state index contributed by atoms with van der Waals surface area (Å²) >= 11 is 0. The molecule has 0 radical (unpaired) electrons. The second kappa shape index (κ2) is 7.11. The van der Waals surface area contributed by atoms with Crippen LogP contribution < -0.4 is 15.2 Å². The summed E-state index contributed by atoms with van der Waals surface area (Å²) in [6.07, 6.45) is 0. The molecular weight excluding hydrogens is 266 g/mol. The van der Waals surface area contributed by atoms with Crippen LogP contribution >= 0.6 is 0 Å². The number of aliphatic hydroxyl groups excluding tert-OH is 1. The highest BCUT2D eigenvalue weighted by atomic mass is 16.5. The summed E-state index contributed by atoms with van der Waals surface area (Å²) in [6.45, 7) is 2.52. The molecule has 0 saturated carbocycles. The van der Waals surface area contributed by atoms with Gasteiger partial charge in [-0.15, -0.1) is 0 Å². The molecule has 0 spiro atoms. The first-order chi connectivity index (χ1) is 10.2. The van der Waals surface area contributed by atoms with Crippen LogP contribution in [-0.2, 0) is 5.54 Å². The first kappa shape index (κ1) is 15.4. The van der Waals surface area contributed by atoms with Crippen molar-refractivity contribution in [1.82, 2.24) is 0 Å². The molecule has 2 aromatic carbocycles. The Morgan fingerprint density at radius 3 is 2.29 bits per heavy atom. The molecule has 0 aliphatic carbocycles. The molecule has 0 saturated heterocycles. The van der Waals surface area contributed by atoms with Crippen molar-refractivity contribution in [3.05, 3.63) is 60.2 Å². The van der Waals surface area contributed by atoms with E-state index in [1.807, 2.05) is 61.5 Å². The second-order valence-electron chi connectivity index (χ2n) is 4.88. The normalized spacial score (nSPS) is 13.5. The van der Waals surface area contributed by atoms with Crippen molar-refractivity contribution in [2.45, 2.75) is 12.5 Å². The van der Waals surface area contributed by atoms with Crippen LogP contribution in [0.5, 0.6) is 11.5 Å². The molecule has 0 bridgehead atoms. The van der Waals surface area contributed by atoms with Crippen LogP contribution in [0.2, 0.25) is 0 Å². The maximum atomic E-state index is 9.63. The minimum Gasteiger partial charge on any atom is -0.494 e. The summed E-state index contributed by atoms with van der Waals surface area (Å²) in [5, 5.41) is 9.63. The molecule has 2 aromatic rings.